The van der Waals surface area contributed by atoms with Crippen molar-refractivity contribution in [1.29, 1.82) is 0 Å². The van der Waals surface area contributed by atoms with E-state index in [0.29, 0.717) is 12.6 Å². The number of rotatable bonds is 6. The first-order valence-electron chi connectivity index (χ1n) is 7.00. The van der Waals surface area contributed by atoms with Crippen LogP contribution >= 0.6 is 0 Å². The van der Waals surface area contributed by atoms with Gasteiger partial charge in [-0.15, -0.1) is 0 Å². The second-order valence-electron chi connectivity index (χ2n) is 5.23. The molecule has 0 radical (unpaired) electrons. The Kier molecular flexibility index (Phi) is 3.89. The molecule has 0 amide bonds. The maximum absolute atomic E-state index is 6.06. The van der Waals surface area contributed by atoms with Gasteiger partial charge in [0, 0.05) is 30.6 Å². The fraction of sp³-hybridized carbons (Fsp3) is 0.600. The summed E-state index contributed by atoms with van der Waals surface area (Å²) >= 11 is 0. The highest BCUT2D eigenvalue weighted by molar-refractivity contribution is 5.41. The first-order valence-corrected chi connectivity index (χ1v) is 7.00. The van der Waals surface area contributed by atoms with E-state index in [0.717, 1.165) is 31.1 Å². The number of nitrogens with one attached hydrogen (secondary N) is 1. The second-order valence-corrected chi connectivity index (χ2v) is 5.23. The Bertz CT molecular complexity index is 425. The summed E-state index contributed by atoms with van der Waals surface area (Å²) in [5.41, 5.74) is 1.19. The van der Waals surface area contributed by atoms with Crippen molar-refractivity contribution < 1.29 is 14.2 Å². The van der Waals surface area contributed by atoms with Crippen molar-refractivity contribution in [2.45, 2.75) is 38.0 Å². The first kappa shape index (κ1) is 12.8. The van der Waals surface area contributed by atoms with E-state index >= 15 is 0 Å². The molecular formula is C15H21NO3. The van der Waals surface area contributed by atoms with E-state index in [1.165, 1.54) is 18.4 Å². The molecule has 19 heavy (non-hydrogen) atoms. The van der Waals surface area contributed by atoms with Gasteiger partial charge < -0.3 is 19.5 Å². The van der Waals surface area contributed by atoms with Crippen LogP contribution in [0.4, 0.5) is 0 Å². The van der Waals surface area contributed by atoms with Crippen LogP contribution in [0.5, 0.6) is 11.5 Å². The van der Waals surface area contributed by atoms with Gasteiger partial charge in [-0.25, -0.2) is 0 Å². The van der Waals surface area contributed by atoms with Gasteiger partial charge in [-0.05, 0) is 18.9 Å². The number of hydrogen-bond acceptors (Lipinski definition) is 4. The summed E-state index contributed by atoms with van der Waals surface area (Å²) < 4.78 is 16.7. The van der Waals surface area contributed by atoms with Gasteiger partial charge in [0.15, 0.2) is 0 Å². The summed E-state index contributed by atoms with van der Waals surface area (Å²) in [7, 11) is 1.68. The maximum Gasteiger partial charge on any atom is 0.128 e. The molecule has 1 aromatic carbocycles. The number of ether oxygens (including phenoxy) is 3. The van der Waals surface area contributed by atoms with Crippen molar-refractivity contribution in [3.63, 3.8) is 0 Å². The molecule has 2 fully saturated rings. The lowest BCUT2D eigenvalue weighted by molar-refractivity contribution is 0.140. The standard InChI is InChI=1S/C15H21NO3/c1-17-13-5-2-11(9-16-12-3-4-12)15(8-13)19-14-6-7-18-10-14/h2,5,8,12,14,16H,3-4,6-7,9-10H2,1H3. The van der Waals surface area contributed by atoms with Crippen molar-refractivity contribution in [3.05, 3.63) is 23.8 Å². The normalized spacial score (nSPS) is 22.5. The van der Waals surface area contributed by atoms with Crippen LogP contribution in [0.3, 0.4) is 0 Å². The third-order valence-corrected chi connectivity index (χ3v) is 3.61. The van der Waals surface area contributed by atoms with Crippen molar-refractivity contribution in [1.82, 2.24) is 5.32 Å². The Morgan fingerprint density at radius 3 is 2.89 bits per heavy atom. The maximum atomic E-state index is 6.06. The predicted octanol–water partition coefficient (Wildman–Crippen LogP) is 2.11. The van der Waals surface area contributed by atoms with Crippen LogP contribution in [0.15, 0.2) is 18.2 Å². The molecule has 1 unspecified atom stereocenters. The van der Waals surface area contributed by atoms with Crippen LogP contribution in [0.1, 0.15) is 24.8 Å². The number of methoxy groups -OCH3 is 1. The van der Waals surface area contributed by atoms with Gasteiger partial charge in [0.1, 0.15) is 17.6 Å². The molecule has 2 aliphatic rings. The zero-order chi connectivity index (χ0) is 13.1. The van der Waals surface area contributed by atoms with Crippen LogP contribution in [0.2, 0.25) is 0 Å². The zero-order valence-electron chi connectivity index (χ0n) is 11.4. The van der Waals surface area contributed by atoms with E-state index in [1.54, 1.807) is 7.11 Å². The van der Waals surface area contributed by atoms with E-state index in [4.69, 9.17) is 14.2 Å². The monoisotopic (exact) mass is 263 g/mol. The fourth-order valence-corrected chi connectivity index (χ4v) is 2.24. The smallest absolute Gasteiger partial charge is 0.128 e. The Morgan fingerprint density at radius 2 is 2.21 bits per heavy atom. The largest absolute Gasteiger partial charge is 0.497 e. The quantitative estimate of drug-likeness (QED) is 0.853. The average Bonchev–Trinajstić information content (AvgIpc) is 3.13. The molecule has 1 N–H and O–H groups in total. The lowest BCUT2D eigenvalue weighted by Gasteiger charge is -2.17. The van der Waals surface area contributed by atoms with E-state index < -0.39 is 0 Å². The van der Waals surface area contributed by atoms with E-state index in [1.807, 2.05) is 12.1 Å². The minimum Gasteiger partial charge on any atom is -0.497 e. The first-order chi connectivity index (χ1) is 9.35. The van der Waals surface area contributed by atoms with Crippen LogP contribution in [0.25, 0.3) is 0 Å². The third kappa shape index (κ3) is 3.39. The Hall–Kier alpha value is -1.26. The molecule has 1 heterocycles. The lowest BCUT2D eigenvalue weighted by atomic mass is 10.1. The molecule has 1 saturated carbocycles. The topological polar surface area (TPSA) is 39.7 Å². The Morgan fingerprint density at radius 1 is 1.32 bits per heavy atom. The summed E-state index contributed by atoms with van der Waals surface area (Å²) in [6.07, 6.45) is 3.73. The highest BCUT2D eigenvalue weighted by Crippen LogP contribution is 2.28. The summed E-state index contributed by atoms with van der Waals surface area (Å²) in [6.45, 7) is 2.34. The van der Waals surface area contributed by atoms with Gasteiger partial charge in [0.2, 0.25) is 0 Å². The molecule has 0 aromatic heterocycles. The van der Waals surface area contributed by atoms with Crippen LogP contribution in [-0.2, 0) is 11.3 Å². The van der Waals surface area contributed by atoms with E-state index in [9.17, 15) is 0 Å². The molecular weight excluding hydrogens is 242 g/mol. The van der Waals surface area contributed by atoms with Gasteiger partial charge in [-0.2, -0.15) is 0 Å². The fourth-order valence-electron chi connectivity index (χ4n) is 2.24. The van der Waals surface area contributed by atoms with E-state index in [2.05, 4.69) is 11.4 Å². The highest BCUT2D eigenvalue weighted by atomic mass is 16.5. The minimum absolute atomic E-state index is 0.173. The molecule has 4 heteroatoms. The molecule has 0 bridgehead atoms. The molecule has 4 nitrogen and oxygen atoms in total. The van der Waals surface area contributed by atoms with Gasteiger partial charge in [-0.3, -0.25) is 0 Å². The molecule has 3 rings (SSSR count). The summed E-state index contributed by atoms with van der Waals surface area (Å²) in [5, 5.41) is 3.52. The summed E-state index contributed by atoms with van der Waals surface area (Å²) in [6, 6.07) is 6.74. The molecule has 1 atom stereocenters. The molecule has 1 aliphatic carbocycles. The molecule has 104 valence electrons. The summed E-state index contributed by atoms with van der Waals surface area (Å²) in [4.78, 5) is 0. The van der Waals surface area contributed by atoms with Gasteiger partial charge in [-0.1, -0.05) is 6.07 Å². The van der Waals surface area contributed by atoms with Crippen molar-refractivity contribution in [3.8, 4) is 11.5 Å². The van der Waals surface area contributed by atoms with Gasteiger partial charge in [0.05, 0.1) is 20.3 Å². The molecule has 1 aliphatic heterocycles. The minimum atomic E-state index is 0.173. The third-order valence-electron chi connectivity index (χ3n) is 3.61. The zero-order valence-corrected chi connectivity index (χ0v) is 11.4. The van der Waals surface area contributed by atoms with Crippen molar-refractivity contribution in [2.75, 3.05) is 20.3 Å². The van der Waals surface area contributed by atoms with Crippen LogP contribution in [-0.4, -0.2) is 32.5 Å². The SMILES string of the molecule is COc1ccc(CNC2CC2)c(OC2CCOC2)c1. The van der Waals surface area contributed by atoms with Gasteiger partial charge in [0.25, 0.3) is 0 Å². The van der Waals surface area contributed by atoms with Crippen molar-refractivity contribution >= 4 is 0 Å². The number of benzene rings is 1. The Labute approximate surface area is 114 Å². The predicted molar refractivity (Wildman–Crippen MR) is 72.7 cm³/mol. The molecule has 0 spiro atoms. The molecule has 1 saturated heterocycles. The highest BCUT2D eigenvalue weighted by Gasteiger charge is 2.22. The van der Waals surface area contributed by atoms with E-state index in [-0.39, 0.29) is 6.10 Å². The number of hydrogen-bond donors (Lipinski definition) is 1. The van der Waals surface area contributed by atoms with Crippen LogP contribution in [0, 0.1) is 0 Å². The van der Waals surface area contributed by atoms with Gasteiger partial charge >= 0.3 is 0 Å². The average molecular weight is 263 g/mol. The lowest BCUT2D eigenvalue weighted by Crippen LogP contribution is -2.19. The summed E-state index contributed by atoms with van der Waals surface area (Å²) in [5.74, 6) is 1.76. The van der Waals surface area contributed by atoms with Crippen molar-refractivity contribution in [2.24, 2.45) is 0 Å². The van der Waals surface area contributed by atoms with Crippen LogP contribution < -0.4 is 14.8 Å². The second kappa shape index (κ2) is 5.80. The molecule has 1 aromatic rings. The Balaban J connectivity index is 1.71.